The number of aliphatic carboxylic acids is 1. The lowest BCUT2D eigenvalue weighted by Crippen LogP contribution is -2.41. The molecule has 0 bridgehead atoms. The zero-order valence-corrected chi connectivity index (χ0v) is 10.7. The van der Waals surface area contributed by atoms with Crippen LogP contribution in [0, 0.1) is 11.8 Å². The molecule has 0 aromatic carbocycles. The molecular weight excluding hydrogens is 236 g/mol. The SMILES string of the molecule is COC(CNC(=O)C1CCC(CN)CC1)C(=O)O. The van der Waals surface area contributed by atoms with Gasteiger partial charge in [-0.05, 0) is 38.1 Å². The van der Waals surface area contributed by atoms with Gasteiger partial charge in [0.15, 0.2) is 6.10 Å². The average molecular weight is 258 g/mol. The first-order valence-electron chi connectivity index (χ1n) is 6.31. The lowest BCUT2D eigenvalue weighted by Gasteiger charge is -2.27. The fourth-order valence-corrected chi connectivity index (χ4v) is 2.27. The quantitative estimate of drug-likeness (QED) is 0.621. The van der Waals surface area contributed by atoms with Crippen LogP contribution >= 0.6 is 0 Å². The molecule has 4 N–H and O–H groups in total. The summed E-state index contributed by atoms with van der Waals surface area (Å²) in [5.74, 6) is -0.627. The van der Waals surface area contributed by atoms with Crippen LogP contribution in [0.2, 0.25) is 0 Å². The number of carbonyl (C=O) groups excluding carboxylic acids is 1. The van der Waals surface area contributed by atoms with E-state index in [1.807, 2.05) is 0 Å². The summed E-state index contributed by atoms with van der Waals surface area (Å²) in [5, 5.41) is 11.4. The summed E-state index contributed by atoms with van der Waals surface area (Å²) in [4.78, 5) is 22.6. The zero-order valence-electron chi connectivity index (χ0n) is 10.7. The number of carboxylic acids is 1. The van der Waals surface area contributed by atoms with Gasteiger partial charge in [-0.3, -0.25) is 4.79 Å². The molecule has 0 aromatic rings. The summed E-state index contributed by atoms with van der Waals surface area (Å²) in [6.45, 7) is 0.695. The minimum Gasteiger partial charge on any atom is -0.479 e. The Hall–Kier alpha value is -1.14. The van der Waals surface area contributed by atoms with Gasteiger partial charge in [0.05, 0.1) is 6.54 Å². The number of ether oxygens (including phenoxy) is 1. The second kappa shape index (κ2) is 7.33. The lowest BCUT2D eigenvalue weighted by molar-refractivity contribution is -0.148. The Morgan fingerprint density at radius 3 is 2.44 bits per heavy atom. The monoisotopic (exact) mass is 258 g/mol. The number of carboxylic acid groups (broad SMARTS) is 1. The number of nitrogens with one attached hydrogen (secondary N) is 1. The molecule has 1 saturated carbocycles. The third kappa shape index (κ3) is 4.27. The topological polar surface area (TPSA) is 102 Å². The minimum atomic E-state index is -1.07. The Morgan fingerprint density at radius 1 is 1.39 bits per heavy atom. The number of hydrogen-bond donors (Lipinski definition) is 3. The Balaban J connectivity index is 2.31. The minimum absolute atomic E-state index is 0.0147. The molecule has 1 fully saturated rings. The number of carbonyl (C=O) groups is 2. The lowest BCUT2D eigenvalue weighted by atomic mass is 9.81. The van der Waals surface area contributed by atoms with Gasteiger partial charge in [0.1, 0.15) is 0 Å². The van der Waals surface area contributed by atoms with Crippen molar-refractivity contribution in [3.63, 3.8) is 0 Å². The molecule has 0 saturated heterocycles. The van der Waals surface area contributed by atoms with Gasteiger partial charge in [0.2, 0.25) is 5.91 Å². The molecule has 1 unspecified atom stereocenters. The van der Waals surface area contributed by atoms with Crippen LogP contribution in [0.25, 0.3) is 0 Å². The van der Waals surface area contributed by atoms with Gasteiger partial charge in [-0.2, -0.15) is 0 Å². The molecule has 104 valence electrons. The van der Waals surface area contributed by atoms with E-state index < -0.39 is 12.1 Å². The maximum atomic E-state index is 11.8. The predicted molar refractivity (Wildman–Crippen MR) is 65.9 cm³/mol. The molecular formula is C12H22N2O4. The van der Waals surface area contributed by atoms with Gasteiger partial charge in [0, 0.05) is 13.0 Å². The van der Waals surface area contributed by atoms with Crippen molar-refractivity contribution in [2.24, 2.45) is 17.6 Å². The normalized spacial score (nSPS) is 25.4. The van der Waals surface area contributed by atoms with E-state index in [0.717, 1.165) is 25.7 Å². The molecule has 0 aliphatic heterocycles. The number of methoxy groups -OCH3 is 1. The number of nitrogens with two attached hydrogens (primary N) is 1. The summed E-state index contributed by atoms with van der Waals surface area (Å²) >= 11 is 0. The van der Waals surface area contributed by atoms with E-state index in [4.69, 9.17) is 15.6 Å². The molecule has 0 radical (unpaired) electrons. The smallest absolute Gasteiger partial charge is 0.334 e. The Kier molecular flexibility index (Phi) is 6.07. The van der Waals surface area contributed by atoms with Crippen LogP contribution in [0.15, 0.2) is 0 Å². The highest BCUT2D eigenvalue weighted by Gasteiger charge is 2.26. The molecule has 6 nitrogen and oxygen atoms in total. The van der Waals surface area contributed by atoms with Gasteiger partial charge >= 0.3 is 5.97 Å². The molecule has 0 spiro atoms. The van der Waals surface area contributed by atoms with Crippen molar-refractivity contribution in [2.45, 2.75) is 31.8 Å². The van der Waals surface area contributed by atoms with Crippen LogP contribution in [0.4, 0.5) is 0 Å². The van der Waals surface area contributed by atoms with Gasteiger partial charge in [0.25, 0.3) is 0 Å². The van der Waals surface area contributed by atoms with Crippen molar-refractivity contribution in [3.8, 4) is 0 Å². The van der Waals surface area contributed by atoms with Crippen molar-refractivity contribution in [3.05, 3.63) is 0 Å². The van der Waals surface area contributed by atoms with E-state index in [9.17, 15) is 9.59 Å². The van der Waals surface area contributed by atoms with Crippen LogP contribution in [-0.2, 0) is 14.3 Å². The molecule has 1 atom stereocenters. The Morgan fingerprint density at radius 2 is 2.00 bits per heavy atom. The van der Waals surface area contributed by atoms with E-state index in [0.29, 0.717) is 12.5 Å². The molecule has 1 amide bonds. The first kappa shape index (κ1) is 14.9. The zero-order chi connectivity index (χ0) is 13.5. The predicted octanol–water partition coefficient (Wildman–Crippen LogP) is -0.0327. The van der Waals surface area contributed by atoms with Crippen LogP contribution in [0.1, 0.15) is 25.7 Å². The second-order valence-corrected chi connectivity index (χ2v) is 4.76. The van der Waals surface area contributed by atoms with Crippen LogP contribution in [0.3, 0.4) is 0 Å². The molecule has 0 aromatic heterocycles. The van der Waals surface area contributed by atoms with E-state index in [1.165, 1.54) is 7.11 Å². The third-order valence-electron chi connectivity index (χ3n) is 3.57. The first-order chi connectivity index (χ1) is 8.58. The first-order valence-corrected chi connectivity index (χ1v) is 6.31. The summed E-state index contributed by atoms with van der Waals surface area (Å²) in [6.07, 6.45) is 2.63. The van der Waals surface area contributed by atoms with Gasteiger partial charge in [-0.15, -0.1) is 0 Å². The van der Waals surface area contributed by atoms with Crippen molar-refractivity contribution in [1.29, 1.82) is 0 Å². The third-order valence-corrected chi connectivity index (χ3v) is 3.57. The van der Waals surface area contributed by atoms with Crippen LogP contribution in [-0.4, -0.2) is 43.3 Å². The Bertz CT molecular complexity index is 288. The summed E-state index contributed by atoms with van der Waals surface area (Å²) in [5.41, 5.74) is 5.59. The van der Waals surface area contributed by atoms with Crippen molar-refractivity contribution >= 4 is 11.9 Å². The van der Waals surface area contributed by atoms with Crippen LogP contribution in [0.5, 0.6) is 0 Å². The molecule has 1 aliphatic carbocycles. The fourth-order valence-electron chi connectivity index (χ4n) is 2.27. The number of hydrogen-bond acceptors (Lipinski definition) is 4. The largest absolute Gasteiger partial charge is 0.479 e. The van der Waals surface area contributed by atoms with Crippen molar-refractivity contribution in [1.82, 2.24) is 5.32 Å². The maximum absolute atomic E-state index is 11.8. The van der Waals surface area contributed by atoms with Crippen molar-refractivity contribution < 1.29 is 19.4 Å². The molecule has 1 aliphatic rings. The van der Waals surface area contributed by atoms with Gasteiger partial charge < -0.3 is 20.9 Å². The van der Waals surface area contributed by atoms with Crippen molar-refractivity contribution in [2.75, 3.05) is 20.2 Å². The van der Waals surface area contributed by atoms with Gasteiger partial charge in [-0.1, -0.05) is 0 Å². The van der Waals surface area contributed by atoms with E-state index in [-0.39, 0.29) is 18.4 Å². The number of rotatable bonds is 6. The standard InChI is InChI=1S/C12H22N2O4/c1-18-10(12(16)17)7-14-11(15)9-4-2-8(6-13)3-5-9/h8-10H,2-7,13H2,1H3,(H,14,15)(H,16,17). The van der Waals surface area contributed by atoms with Crippen LogP contribution < -0.4 is 11.1 Å². The van der Waals surface area contributed by atoms with E-state index >= 15 is 0 Å². The van der Waals surface area contributed by atoms with E-state index in [1.54, 1.807) is 0 Å². The Labute approximate surface area is 107 Å². The highest BCUT2D eigenvalue weighted by Crippen LogP contribution is 2.28. The highest BCUT2D eigenvalue weighted by molar-refractivity contribution is 5.80. The fraction of sp³-hybridized carbons (Fsp3) is 0.833. The van der Waals surface area contributed by atoms with E-state index in [2.05, 4.69) is 5.32 Å². The molecule has 18 heavy (non-hydrogen) atoms. The highest BCUT2D eigenvalue weighted by atomic mass is 16.5. The molecule has 6 heteroatoms. The van der Waals surface area contributed by atoms with Gasteiger partial charge in [-0.25, -0.2) is 4.79 Å². The molecule has 1 rings (SSSR count). The summed E-state index contributed by atoms with van der Waals surface area (Å²) in [7, 11) is 1.32. The summed E-state index contributed by atoms with van der Waals surface area (Å²) in [6, 6.07) is 0. The number of amides is 1. The maximum Gasteiger partial charge on any atom is 0.334 e. The molecule has 0 heterocycles. The summed E-state index contributed by atoms with van der Waals surface area (Å²) < 4.78 is 4.75. The second-order valence-electron chi connectivity index (χ2n) is 4.76. The average Bonchev–Trinajstić information content (AvgIpc) is 2.39.